The molecule has 1 aromatic carbocycles. The monoisotopic (exact) mass is 396 g/mol. The third kappa shape index (κ3) is 3.68. The first-order valence-corrected chi connectivity index (χ1v) is 9.98. The van der Waals surface area contributed by atoms with Crippen molar-refractivity contribution >= 4 is 33.9 Å². The number of carbonyl (C=O) groups is 2. The van der Waals surface area contributed by atoms with Crippen molar-refractivity contribution < 1.29 is 9.59 Å². The van der Waals surface area contributed by atoms with Gasteiger partial charge in [-0.2, -0.15) is 5.10 Å². The number of hydrazine groups is 1. The third-order valence-corrected chi connectivity index (χ3v) is 6.16. The van der Waals surface area contributed by atoms with Gasteiger partial charge in [-0.3, -0.25) is 25.2 Å². The van der Waals surface area contributed by atoms with Gasteiger partial charge >= 0.3 is 0 Å². The fourth-order valence-corrected chi connectivity index (χ4v) is 4.53. The summed E-state index contributed by atoms with van der Waals surface area (Å²) in [6.45, 7) is 1.94. The van der Waals surface area contributed by atoms with E-state index in [0.717, 1.165) is 23.9 Å². The number of hydrogen-bond donors (Lipinski definition) is 2. The molecule has 1 aliphatic carbocycles. The molecular formula is C20H20N4O3S. The van der Waals surface area contributed by atoms with Gasteiger partial charge in [-0.25, -0.2) is 4.68 Å². The number of amides is 2. The Morgan fingerprint density at radius 3 is 2.96 bits per heavy atom. The summed E-state index contributed by atoms with van der Waals surface area (Å²) in [5.41, 5.74) is 5.67. The smallest absolute Gasteiger partial charge is 0.271 e. The molecule has 0 bridgehead atoms. The maximum absolute atomic E-state index is 12.4. The highest BCUT2D eigenvalue weighted by atomic mass is 32.1. The van der Waals surface area contributed by atoms with Crippen molar-refractivity contribution in [3.05, 3.63) is 62.2 Å². The molecule has 1 atom stereocenters. The zero-order valence-corrected chi connectivity index (χ0v) is 16.2. The van der Waals surface area contributed by atoms with Gasteiger partial charge in [-0.1, -0.05) is 25.1 Å². The van der Waals surface area contributed by atoms with Crippen molar-refractivity contribution in [2.75, 3.05) is 0 Å². The average Bonchev–Trinajstić information content (AvgIpc) is 3.12. The molecule has 0 aliphatic heterocycles. The summed E-state index contributed by atoms with van der Waals surface area (Å²) in [4.78, 5) is 38.7. The van der Waals surface area contributed by atoms with Gasteiger partial charge in [-0.05, 0) is 42.9 Å². The predicted molar refractivity (Wildman–Crippen MR) is 107 cm³/mol. The first-order valence-electron chi connectivity index (χ1n) is 9.17. The number of benzene rings is 1. The molecule has 0 saturated carbocycles. The molecular weight excluding hydrogens is 376 g/mol. The van der Waals surface area contributed by atoms with E-state index < -0.39 is 5.91 Å². The number of nitrogens with one attached hydrogen (secondary N) is 2. The zero-order valence-electron chi connectivity index (χ0n) is 15.4. The van der Waals surface area contributed by atoms with Crippen LogP contribution >= 0.6 is 11.3 Å². The van der Waals surface area contributed by atoms with Crippen LogP contribution in [0.3, 0.4) is 0 Å². The minimum Gasteiger partial charge on any atom is -0.271 e. The van der Waals surface area contributed by atoms with Crippen LogP contribution in [-0.2, 0) is 24.2 Å². The SMILES string of the molecule is CC1CCc2sc(C(=O)NNC(=O)Cn3ncc4ccccc4c3=O)cc2C1. The number of fused-ring (bicyclic) bond motifs is 2. The minimum absolute atomic E-state index is 0.275. The summed E-state index contributed by atoms with van der Waals surface area (Å²) in [6.07, 6.45) is 4.66. The van der Waals surface area contributed by atoms with Gasteiger partial charge in [0.25, 0.3) is 17.4 Å². The van der Waals surface area contributed by atoms with E-state index in [0.29, 0.717) is 21.6 Å². The van der Waals surface area contributed by atoms with Crippen LogP contribution in [-0.4, -0.2) is 21.6 Å². The molecule has 1 unspecified atom stereocenters. The molecule has 2 N–H and O–H groups in total. The van der Waals surface area contributed by atoms with E-state index in [2.05, 4.69) is 22.9 Å². The minimum atomic E-state index is -0.520. The molecule has 28 heavy (non-hydrogen) atoms. The first-order chi connectivity index (χ1) is 13.5. The second kappa shape index (κ2) is 7.55. The summed E-state index contributed by atoms with van der Waals surface area (Å²) in [5, 5.41) is 5.22. The van der Waals surface area contributed by atoms with E-state index in [1.807, 2.05) is 12.1 Å². The second-order valence-electron chi connectivity index (χ2n) is 7.10. The van der Waals surface area contributed by atoms with E-state index in [1.54, 1.807) is 24.4 Å². The normalized spacial score (nSPS) is 15.8. The highest BCUT2D eigenvalue weighted by molar-refractivity contribution is 7.14. The zero-order chi connectivity index (χ0) is 19.7. The lowest BCUT2D eigenvalue weighted by atomic mass is 9.90. The molecule has 0 fully saturated rings. The number of aryl methyl sites for hydroxylation is 1. The van der Waals surface area contributed by atoms with Crippen molar-refractivity contribution in [3.63, 3.8) is 0 Å². The predicted octanol–water partition coefficient (Wildman–Crippen LogP) is 2.04. The van der Waals surface area contributed by atoms with E-state index >= 15 is 0 Å². The number of aromatic nitrogens is 2. The van der Waals surface area contributed by atoms with E-state index in [4.69, 9.17) is 0 Å². The van der Waals surface area contributed by atoms with Crippen molar-refractivity contribution in [1.82, 2.24) is 20.6 Å². The lowest BCUT2D eigenvalue weighted by Gasteiger charge is -2.16. The molecule has 0 spiro atoms. The van der Waals surface area contributed by atoms with Gasteiger partial charge in [0, 0.05) is 10.3 Å². The summed E-state index contributed by atoms with van der Waals surface area (Å²) in [5.74, 6) is -0.238. The molecule has 3 aromatic rings. The molecule has 144 valence electrons. The number of hydrogen-bond acceptors (Lipinski definition) is 5. The Morgan fingerprint density at radius 2 is 2.11 bits per heavy atom. The molecule has 1 aliphatic rings. The van der Waals surface area contributed by atoms with Crippen LogP contribution in [0, 0.1) is 5.92 Å². The van der Waals surface area contributed by atoms with Gasteiger partial charge in [0.15, 0.2) is 0 Å². The van der Waals surface area contributed by atoms with Crippen LogP contribution < -0.4 is 16.4 Å². The third-order valence-electron chi connectivity index (χ3n) is 4.92. The van der Waals surface area contributed by atoms with Gasteiger partial charge < -0.3 is 0 Å². The lowest BCUT2D eigenvalue weighted by Crippen LogP contribution is -2.44. The summed E-state index contributed by atoms with van der Waals surface area (Å²) in [6, 6.07) is 8.96. The Bertz CT molecular complexity index is 1120. The topological polar surface area (TPSA) is 93.1 Å². The average molecular weight is 396 g/mol. The largest absolute Gasteiger partial charge is 0.279 e. The fraction of sp³-hybridized carbons (Fsp3) is 0.300. The van der Waals surface area contributed by atoms with Gasteiger partial charge in [0.2, 0.25) is 0 Å². The molecule has 8 heteroatoms. The Hall–Kier alpha value is -3.00. The maximum atomic E-state index is 12.4. The number of thiophene rings is 1. The van der Waals surface area contributed by atoms with Crippen LogP contribution in [0.15, 0.2) is 41.3 Å². The number of rotatable bonds is 3. The fourth-order valence-electron chi connectivity index (χ4n) is 3.42. The number of carbonyl (C=O) groups excluding carboxylic acids is 2. The summed E-state index contributed by atoms with van der Waals surface area (Å²) < 4.78 is 1.08. The molecule has 0 saturated heterocycles. The Morgan fingerprint density at radius 1 is 1.29 bits per heavy atom. The Labute approximate surface area is 165 Å². The molecule has 4 rings (SSSR count). The van der Waals surface area contributed by atoms with Gasteiger partial charge in [0.1, 0.15) is 6.54 Å². The second-order valence-corrected chi connectivity index (χ2v) is 8.24. The van der Waals surface area contributed by atoms with Crippen molar-refractivity contribution in [2.45, 2.75) is 32.7 Å². The number of nitrogens with zero attached hydrogens (tertiary/aromatic N) is 2. The summed E-state index contributed by atoms with van der Waals surface area (Å²) in [7, 11) is 0. The molecule has 0 radical (unpaired) electrons. The van der Waals surface area contributed by atoms with E-state index in [-0.39, 0.29) is 18.0 Å². The van der Waals surface area contributed by atoms with Crippen molar-refractivity contribution in [2.24, 2.45) is 5.92 Å². The Balaban J connectivity index is 1.39. The van der Waals surface area contributed by atoms with Crippen LogP contribution in [0.5, 0.6) is 0 Å². The quantitative estimate of drug-likeness (QED) is 0.663. The first kappa shape index (κ1) is 18.4. The van der Waals surface area contributed by atoms with Crippen LogP contribution in [0.1, 0.15) is 33.5 Å². The highest BCUT2D eigenvalue weighted by Crippen LogP contribution is 2.32. The maximum Gasteiger partial charge on any atom is 0.279 e. The van der Waals surface area contributed by atoms with E-state index in [1.165, 1.54) is 21.8 Å². The van der Waals surface area contributed by atoms with Gasteiger partial charge in [0.05, 0.1) is 16.5 Å². The molecule has 7 nitrogen and oxygen atoms in total. The highest BCUT2D eigenvalue weighted by Gasteiger charge is 2.21. The van der Waals surface area contributed by atoms with Gasteiger partial charge in [-0.15, -0.1) is 11.3 Å². The molecule has 2 amide bonds. The lowest BCUT2D eigenvalue weighted by molar-refractivity contribution is -0.122. The van der Waals surface area contributed by atoms with Crippen LogP contribution in [0.25, 0.3) is 10.8 Å². The van der Waals surface area contributed by atoms with Crippen molar-refractivity contribution in [3.8, 4) is 0 Å². The van der Waals surface area contributed by atoms with Crippen LogP contribution in [0.4, 0.5) is 0 Å². The molecule has 2 aromatic heterocycles. The van der Waals surface area contributed by atoms with Crippen LogP contribution in [0.2, 0.25) is 0 Å². The Kier molecular flexibility index (Phi) is 4.95. The summed E-state index contributed by atoms with van der Waals surface area (Å²) >= 11 is 1.47. The van der Waals surface area contributed by atoms with Crippen molar-refractivity contribution in [1.29, 1.82) is 0 Å². The standard InChI is InChI=1S/C20H20N4O3S/c1-12-6-7-16-14(8-12)9-17(28-16)19(26)23-22-18(25)11-24-20(27)15-5-3-2-4-13(15)10-21-24/h2-5,9-10,12H,6-8,11H2,1H3,(H,22,25)(H,23,26). The molecule has 2 heterocycles. The van der Waals surface area contributed by atoms with E-state index in [9.17, 15) is 14.4 Å².